The highest BCUT2D eigenvalue weighted by atomic mass is 79.9. The number of aromatic hydroxyl groups is 1. The molecule has 3 aromatic rings. The van der Waals surface area contributed by atoms with Crippen molar-refractivity contribution in [3.05, 3.63) is 70.7 Å². The fraction of sp³-hybridized carbons (Fsp3) is 0.355. The Morgan fingerprint density at radius 2 is 1.73 bits per heavy atom. The lowest BCUT2D eigenvalue weighted by Crippen LogP contribution is -2.48. The van der Waals surface area contributed by atoms with E-state index >= 15 is 0 Å². The third-order valence-electron chi connectivity index (χ3n) is 7.20. The van der Waals surface area contributed by atoms with E-state index in [1.165, 1.54) is 13.2 Å². The summed E-state index contributed by atoms with van der Waals surface area (Å²) < 4.78 is 12.4. The number of carbonyl (C=O) groups is 2. The van der Waals surface area contributed by atoms with Crippen LogP contribution in [0, 0.1) is 0 Å². The summed E-state index contributed by atoms with van der Waals surface area (Å²) in [5.74, 6) is 0.138. The number of methoxy groups -OCH3 is 1. The molecule has 0 unspecified atom stereocenters. The van der Waals surface area contributed by atoms with Crippen molar-refractivity contribution in [3.63, 3.8) is 0 Å². The van der Waals surface area contributed by atoms with Crippen LogP contribution in [0.2, 0.25) is 0 Å². The van der Waals surface area contributed by atoms with Crippen molar-refractivity contribution in [2.24, 2.45) is 0 Å². The number of piperidine rings is 1. The quantitative estimate of drug-likeness (QED) is 0.188. The lowest BCUT2D eigenvalue weighted by molar-refractivity contribution is -0.896. The maximum atomic E-state index is 12.8. The lowest BCUT2D eigenvalue weighted by atomic mass is 9.98. The normalized spacial score (nSPS) is 14.8. The molecule has 3 N–H and O–H groups in total. The molecule has 1 saturated heterocycles. The summed E-state index contributed by atoms with van der Waals surface area (Å²) in [5.41, 5.74) is 4.17. The van der Waals surface area contributed by atoms with Crippen LogP contribution >= 0.6 is 15.9 Å². The van der Waals surface area contributed by atoms with Gasteiger partial charge >= 0.3 is 6.09 Å². The smallest absolute Gasteiger partial charge is 0.411 e. The van der Waals surface area contributed by atoms with Crippen molar-refractivity contribution in [3.8, 4) is 22.6 Å². The van der Waals surface area contributed by atoms with Crippen LogP contribution in [0.3, 0.4) is 0 Å². The number of halogens is 1. The van der Waals surface area contributed by atoms with Gasteiger partial charge in [0.25, 0.3) is 0 Å². The molecule has 0 spiro atoms. The van der Waals surface area contributed by atoms with E-state index in [1.54, 1.807) is 6.07 Å². The maximum absolute atomic E-state index is 12.8. The van der Waals surface area contributed by atoms with E-state index in [-0.39, 0.29) is 23.5 Å². The molecule has 40 heavy (non-hydrogen) atoms. The zero-order chi connectivity index (χ0) is 28.7. The summed E-state index contributed by atoms with van der Waals surface area (Å²) in [7, 11) is 5.85. The van der Waals surface area contributed by atoms with Crippen molar-refractivity contribution >= 4 is 39.3 Å². The number of nitrogens with one attached hydrogen (secondary N) is 2. The van der Waals surface area contributed by atoms with Gasteiger partial charge in [0.2, 0.25) is 5.91 Å². The van der Waals surface area contributed by atoms with Crippen LogP contribution in [0.15, 0.2) is 65.1 Å². The lowest BCUT2D eigenvalue weighted by Gasteiger charge is -2.36. The van der Waals surface area contributed by atoms with Crippen molar-refractivity contribution in [2.75, 3.05) is 44.9 Å². The third-order valence-corrected chi connectivity index (χ3v) is 7.86. The first kappa shape index (κ1) is 29.4. The molecule has 9 heteroatoms. The van der Waals surface area contributed by atoms with Gasteiger partial charge in [-0.1, -0.05) is 36.4 Å². The van der Waals surface area contributed by atoms with E-state index in [1.807, 2.05) is 42.5 Å². The number of hydrogen-bond donors (Lipinski definition) is 3. The molecule has 212 valence electrons. The van der Waals surface area contributed by atoms with E-state index in [9.17, 15) is 14.7 Å². The zero-order valence-corrected chi connectivity index (χ0v) is 24.8. The van der Waals surface area contributed by atoms with Crippen LogP contribution in [0.25, 0.3) is 11.1 Å². The number of rotatable bonds is 9. The van der Waals surface area contributed by atoms with Crippen LogP contribution in [-0.4, -0.2) is 62.0 Å². The van der Waals surface area contributed by atoms with Gasteiger partial charge in [-0.25, -0.2) is 4.79 Å². The van der Waals surface area contributed by atoms with Crippen molar-refractivity contribution in [1.29, 1.82) is 0 Å². The molecular formula is C31H37BrN3O5+. The van der Waals surface area contributed by atoms with Crippen molar-refractivity contribution in [1.82, 2.24) is 0 Å². The molecule has 4 rings (SSSR count). The first-order valence-corrected chi connectivity index (χ1v) is 14.3. The number of phenols is 1. The Hall–Kier alpha value is -3.56. The number of nitrogens with zero attached hydrogens (tertiary/aromatic N) is 1. The molecule has 1 fully saturated rings. The van der Waals surface area contributed by atoms with E-state index in [4.69, 9.17) is 9.47 Å². The van der Waals surface area contributed by atoms with E-state index in [0.717, 1.165) is 47.1 Å². The highest BCUT2D eigenvalue weighted by Crippen LogP contribution is 2.35. The SMILES string of the molecule is COc1cc(NC(=O)CCCc2ccc(NC(=O)OC3CC[N+](C)(C)CC3)c(-c3ccccc3)c2)c(Br)cc1O. The Bertz CT molecular complexity index is 1340. The standard InChI is InChI=1S/C31H36BrN3O5/c1-35(2)16-14-23(15-17-35)40-31(38)34-26-13-12-21(18-24(26)22-9-5-4-6-10-22)8-7-11-30(37)33-27-20-29(39-3)28(36)19-25(27)32/h4-6,9-10,12-13,18-20,23H,7-8,11,14-17H2,1-3H3,(H2-,33,34,36,37,38)/p+1. The predicted octanol–water partition coefficient (Wildman–Crippen LogP) is 6.58. The first-order valence-electron chi connectivity index (χ1n) is 13.5. The van der Waals surface area contributed by atoms with Crippen LogP contribution in [-0.2, 0) is 16.0 Å². The number of anilines is 2. The number of ether oxygens (including phenoxy) is 2. The fourth-order valence-electron chi connectivity index (χ4n) is 4.83. The van der Waals surface area contributed by atoms with Gasteiger partial charge < -0.3 is 24.4 Å². The van der Waals surface area contributed by atoms with Crippen molar-refractivity contribution in [2.45, 2.75) is 38.2 Å². The molecule has 0 bridgehead atoms. The largest absolute Gasteiger partial charge is 0.504 e. The summed E-state index contributed by atoms with van der Waals surface area (Å²) in [4.78, 5) is 25.4. The predicted molar refractivity (Wildman–Crippen MR) is 161 cm³/mol. The molecule has 0 saturated carbocycles. The number of likely N-dealkylation sites (tertiary alicyclic amines) is 1. The van der Waals surface area contributed by atoms with E-state index < -0.39 is 6.09 Å². The molecular weight excluding hydrogens is 574 g/mol. The molecule has 1 heterocycles. The Morgan fingerprint density at radius 1 is 1.00 bits per heavy atom. The fourth-order valence-corrected chi connectivity index (χ4v) is 5.26. The van der Waals surface area contributed by atoms with Gasteiger partial charge in [0.05, 0.1) is 45.7 Å². The van der Waals surface area contributed by atoms with Crippen LogP contribution in [0.4, 0.5) is 16.2 Å². The molecule has 0 atom stereocenters. The molecule has 0 radical (unpaired) electrons. The second-order valence-corrected chi connectivity index (χ2v) is 11.6. The Kier molecular flexibility index (Phi) is 9.71. The number of carbonyl (C=O) groups excluding carboxylic acids is 2. The second kappa shape index (κ2) is 13.2. The number of quaternary nitrogens is 1. The zero-order valence-electron chi connectivity index (χ0n) is 23.2. The molecule has 0 aliphatic carbocycles. The molecule has 1 aliphatic rings. The summed E-state index contributed by atoms with van der Waals surface area (Å²) in [6.45, 7) is 1.97. The number of phenolic OH excluding ortho intramolecular Hbond substituents is 1. The summed E-state index contributed by atoms with van der Waals surface area (Å²) in [5, 5.41) is 15.7. The van der Waals surface area contributed by atoms with Gasteiger partial charge in [-0.15, -0.1) is 0 Å². The van der Waals surface area contributed by atoms with E-state index in [0.29, 0.717) is 35.1 Å². The second-order valence-electron chi connectivity index (χ2n) is 10.8. The van der Waals surface area contributed by atoms with Crippen LogP contribution in [0.5, 0.6) is 11.5 Å². The summed E-state index contributed by atoms with van der Waals surface area (Å²) in [6.07, 6.45) is 2.85. The minimum atomic E-state index is -0.434. The van der Waals surface area contributed by atoms with E-state index in [2.05, 4.69) is 46.7 Å². The molecule has 1 aliphatic heterocycles. The average molecular weight is 612 g/mol. The Morgan fingerprint density at radius 3 is 2.42 bits per heavy atom. The molecule has 3 aromatic carbocycles. The Balaban J connectivity index is 1.38. The topological polar surface area (TPSA) is 96.9 Å². The highest BCUT2D eigenvalue weighted by Gasteiger charge is 2.28. The van der Waals surface area contributed by atoms with Crippen molar-refractivity contribution < 1.29 is 28.7 Å². The minimum absolute atomic E-state index is 0.00912. The van der Waals surface area contributed by atoms with Gasteiger partial charge in [-0.3, -0.25) is 10.1 Å². The first-order chi connectivity index (χ1) is 19.1. The average Bonchev–Trinajstić information content (AvgIpc) is 2.92. The summed E-state index contributed by atoms with van der Waals surface area (Å²) in [6, 6.07) is 18.9. The van der Waals surface area contributed by atoms with Gasteiger partial charge in [0.1, 0.15) is 6.10 Å². The van der Waals surface area contributed by atoms with Gasteiger partial charge in [0, 0.05) is 41.4 Å². The number of amides is 2. The van der Waals surface area contributed by atoms with Gasteiger partial charge in [-0.2, -0.15) is 0 Å². The third kappa shape index (κ3) is 7.99. The molecule has 0 aromatic heterocycles. The Labute approximate surface area is 244 Å². The highest BCUT2D eigenvalue weighted by molar-refractivity contribution is 9.10. The van der Waals surface area contributed by atoms with Crippen LogP contribution in [0.1, 0.15) is 31.2 Å². The molecule has 2 amide bonds. The number of aryl methyl sites for hydroxylation is 1. The monoisotopic (exact) mass is 610 g/mol. The number of hydrogen-bond acceptors (Lipinski definition) is 5. The summed E-state index contributed by atoms with van der Waals surface area (Å²) >= 11 is 3.36. The van der Waals surface area contributed by atoms with Crippen LogP contribution < -0.4 is 15.4 Å². The number of benzene rings is 3. The molecule has 8 nitrogen and oxygen atoms in total. The van der Waals surface area contributed by atoms with Gasteiger partial charge in [-0.05, 0) is 52.0 Å². The van der Waals surface area contributed by atoms with Gasteiger partial charge in [0.15, 0.2) is 11.5 Å². The maximum Gasteiger partial charge on any atom is 0.411 e. The minimum Gasteiger partial charge on any atom is -0.504 e.